The second-order valence-electron chi connectivity index (χ2n) is 6.98. The summed E-state index contributed by atoms with van der Waals surface area (Å²) in [5.74, 6) is 1.92. The van der Waals surface area contributed by atoms with E-state index in [-0.39, 0.29) is 0 Å². The van der Waals surface area contributed by atoms with Crippen LogP contribution >= 0.6 is 11.8 Å². The molecule has 1 aliphatic heterocycles. The van der Waals surface area contributed by atoms with Gasteiger partial charge in [0.25, 0.3) is 0 Å². The third kappa shape index (κ3) is 3.05. The van der Waals surface area contributed by atoms with Crippen LogP contribution in [0.2, 0.25) is 0 Å². The molecule has 0 saturated carbocycles. The normalized spacial score (nSPS) is 26.8. The first-order chi connectivity index (χ1) is 9.31. The second-order valence-corrected chi connectivity index (χ2v) is 8.77. The Balaban J connectivity index is 2.67. The number of pyridine rings is 1. The number of fused-ring (bicyclic) bond motifs is 1. The fourth-order valence-corrected chi connectivity index (χ4v) is 4.80. The van der Waals surface area contributed by atoms with Gasteiger partial charge in [0.1, 0.15) is 0 Å². The van der Waals surface area contributed by atoms with Crippen molar-refractivity contribution in [3.8, 4) is 0 Å². The minimum atomic E-state index is 0.515. The number of aromatic nitrogens is 1. The van der Waals surface area contributed by atoms with Crippen molar-refractivity contribution in [2.75, 3.05) is 0 Å². The molecule has 0 amide bonds. The molecular formula is C18H29NS. The molecule has 1 unspecified atom stereocenters. The van der Waals surface area contributed by atoms with Gasteiger partial charge in [-0.3, -0.25) is 4.98 Å². The van der Waals surface area contributed by atoms with Crippen molar-refractivity contribution in [1.29, 1.82) is 0 Å². The van der Waals surface area contributed by atoms with Gasteiger partial charge in [0.05, 0.1) is 5.69 Å². The van der Waals surface area contributed by atoms with Crippen LogP contribution in [0.4, 0.5) is 0 Å². The average molecular weight is 292 g/mol. The zero-order valence-corrected chi connectivity index (χ0v) is 14.8. The van der Waals surface area contributed by atoms with E-state index < -0.39 is 0 Å². The van der Waals surface area contributed by atoms with E-state index in [4.69, 9.17) is 4.98 Å². The molecule has 2 rings (SSSR count). The van der Waals surface area contributed by atoms with Crippen LogP contribution in [0.5, 0.6) is 0 Å². The topological polar surface area (TPSA) is 12.9 Å². The van der Waals surface area contributed by atoms with Crippen molar-refractivity contribution < 1.29 is 0 Å². The number of thioether (sulfide) groups is 1. The van der Waals surface area contributed by atoms with Gasteiger partial charge in [-0.2, -0.15) is 0 Å². The molecule has 1 aromatic rings. The largest absolute Gasteiger partial charge is 0.257 e. The van der Waals surface area contributed by atoms with E-state index in [1.807, 2.05) is 0 Å². The highest BCUT2D eigenvalue weighted by atomic mass is 32.2. The maximum absolute atomic E-state index is 4.94. The van der Waals surface area contributed by atoms with Crippen LogP contribution in [-0.4, -0.2) is 10.2 Å². The molecule has 0 bridgehead atoms. The van der Waals surface area contributed by atoms with Crippen molar-refractivity contribution in [2.24, 2.45) is 5.92 Å². The maximum atomic E-state index is 4.94. The molecule has 2 heteroatoms. The minimum Gasteiger partial charge on any atom is -0.257 e. The third-order valence-corrected chi connectivity index (χ3v) is 5.74. The molecule has 0 saturated heterocycles. The monoisotopic (exact) mass is 291 g/mol. The SMILES string of the molecule is Cc1cc(C(C)C)c2c(n1)[C@@H](C)S[C@@H](C)CC2C(C)C. The van der Waals surface area contributed by atoms with Gasteiger partial charge in [0.15, 0.2) is 0 Å². The highest BCUT2D eigenvalue weighted by Gasteiger charge is 2.32. The number of hydrogen-bond acceptors (Lipinski definition) is 2. The summed E-state index contributed by atoms with van der Waals surface area (Å²) in [5, 5.41) is 1.23. The first kappa shape index (κ1) is 15.9. The Labute approximate surface area is 129 Å². The summed E-state index contributed by atoms with van der Waals surface area (Å²) in [6, 6.07) is 2.33. The van der Waals surface area contributed by atoms with Gasteiger partial charge in [-0.25, -0.2) is 0 Å². The zero-order chi connectivity index (χ0) is 15.0. The predicted molar refractivity (Wildman–Crippen MR) is 90.7 cm³/mol. The lowest BCUT2D eigenvalue weighted by molar-refractivity contribution is 0.462. The minimum absolute atomic E-state index is 0.515. The smallest absolute Gasteiger partial charge is 0.0571 e. The first-order valence-corrected chi connectivity index (χ1v) is 8.92. The Hall–Kier alpha value is -0.500. The predicted octanol–water partition coefficient (Wildman–Crippen LogP) is 5.84. The molecule has 0 N–H and O–H groups in total. The summed E-state index contributed by atoms with van der Waals surface area (Å²) in [6.45, 7) is 16.2. The van der Waals surface area contributed by atoms with E-state index in [0.717, 1.165) is 0 Å². The van der Waals surface area contributed by atoms with Crippen LogP contribution in [0, 0.1) is 12.8 Å². The lowest BCUT2D eigenvalue weighted by Gasteiger charge is -2.27. The van der Waals surface area contributed by atoms with Gasteiger partial charge in [0, 0.05) is 16.2 Å². The summed E-state index contributed by atoms with van der Waals surface area (Å²) in [5.41, 5.74) is 5.65. The lowest BCUT2D eigenvalue weighted by Crippen LogP contribution is -2.15. The van der Waals surface area contributed by atoms with Crippen molar-refractivity contribution in [3.05, 3.63) is 28.6 Å². The molecule has 0 radical (unpaired) electrons. The molecule has 3 atom stereocenters. The average Bonchev–Trinajstić information content (AvgIpc) is 2.46. The molecule has 112 valence electrons. The van der Waals surface area contributed by atoms with Gasteiger partial charge < -0.3 is 0 Å². The van der Waals surface area contributed by atoms with E-state index in [2.05, 4.69) is 66.3 Å². The summed E-state index contributed by atoms with van der Waals surface area (Å²) in [4.78, 5) is 4.94. The van der Waals surface area contributed by atoms with E-state index in [1.54, 1.807) is 5.56 Å². The molecular weight excluding hydrogens is 262 g/mol. The molecule has 1 nitrogen and oxygen atoms in total. The van der Waals surface area contributed by atoms with Gasteiger partial charge in [-0.1, -0.05) is 34.6 Å². The van der Waals surface area contributed by atoms with Crippen LogP contribution in [0.25, 0.3) is 0 Å². The Morgan fingerprint density at radius 1 is 1.20 bits per heavy atom. The maximum Gasteiger partial charge on any atom is 0.0571 e. The van der Waals surface area contributed by atoms with E-state index >= 15 is 0 Å². The van der Waals surface area contributed by atoms with Crippen LogP contribution in [0.3, 0.4) is 0 Å². The number of rotatable bonds is 2. The molecule has 2 heterocycles. The van der Waals surface area contributed by atoms with E-state index in [9.17, 15) is 0 Å². The molecule has 0 fully saturated rings. The van der Waals surface area contributed by atoms with Crippen molar-refractivity contribution in [1.82, 2.24) is 4.98 Å². The number of hydrogen-bond donors (Lipinski definition) is 0. The summed E-state index contributed by atoms with van der Waals surface area (Å²) in [6.07, 6.45) is 1.28. The molecule has 0 aromatic carbocycles. The second kappa shape index (κ2) is 6.09. The zero-order valence-electron chi connectivity index (χ0n) is 14.0. The number of aryl methyl sites for hydroxylation is 1. The summed E-state index contributed by atoms with van der Waals surface area (Å²) >= 11 is 2.09. The van der Waals surface area contributed by atoms with Gasteiger partial charge in [-0.15, -0.1) is 11.8 Å². The third-order valence-electron chi connectivity index (χ3n) is 4.45. The Morgan fingerprint density at radius 2 is 1.85 bits per heavy atom. The first-order valence-electron chi connectivity index (χ1n) is 7.98. The molecule has 0 spiro atoms. The standard InChI is InChI=1S/C18H29NS/c1-10(2)15-8-12(5)19-18-14(7)20-13(6)9-16(11(3)4)17(15)18/h8,10-11,13-14,16H,9H2,1-7H3/t13-,14+,16?/m0/s1. The van der Waals surface area contributed by atoms with Crippen LogP contribution in [0.15, 0.2) is 6.07 Å². The van der Waals surface area contributed by atoms with Gasteiger partial charge in [-0.05, 0) is 55.2 Å². The van der Waals surface area contributed by atoms with Crippen molar-refractivity contribution in [3.63, 3.8) is 0 Å². The van der Waals surface area contributed by atoms with Crippen LogP contribution < -0.4 is 0 Å². The molecule has 20 heavy (non-hydrogen) atoms. The van der Waals surface area contributed by atoms with E-state index in [0.29, 0.717) is 28.3 Å². The molecule has 1 aromatic heterocycles. The highest BCUT2D eigenvalue weighted by molar-refractivity contribution is 8.00. The number of nitrogens with zero attached hydrogens (tertiary/aromatic N) is 1. The fraction of sp³-hybridized carbons (Fsp3) is 0.722. The van der Waals surface area contributed by atoms with Gasteiger partial charge >= 0.3 is 0 Å². The van der Waals surface area contributed by atoms with Crippen LogP contribution in [0.1, 0.15) is 87.6 Å². The summed E-state index contributed by atoms with van der Waals surface area (Å²) < 4.78 is 0. The van der Waals surface area contributed by atoms with E-state index in [1.165, 1.54) is 23.4 Å². The lowest BCUT2D eigenvalue weighted by atomic mass is 9.79. The Bertz CT molecular complexity index is 479. The van der Waals surface area contributed by atoms with Crippen molar-refractivity contribution in [2.45, 2.75) is 77.2 Å². The van der Waals surface area contributed by atoms with Crippen LogP contribution in [-0.2, 0) is 0 Å². The highest BCUT2D eigenvalue weighted by Crippen LogP contribution is 2.47. The van der Waals surface area contributed by atoms with Crippen molar-refractivity contribution >= 4 is 11.8 Å². The van der Waals surface area contributed by atoms with Gasteiger partial charge in [0.2, 0.25) is 0 Å². The summed E-state index contributed by atoms with van der Waals surface area (Å²) in [7, 11) is 0. The molecule has 1 aliphatic rings. The quantitative estimate of drug-likeness (QED) is 0.679. The Kier molecular flexibility index (Phi) is 4.84. The Morgan fingerprint density at radius 3 is 2.40 bits per heavy atom. The molecule has 0 aliphatic carbocycles. The fourth-order valence-electron chi connectivity index (χ4n) is 3.47.